The Kier molecular flexibility index (Phi) is 4.12. The molecule has 2 heterocycles. The molecule has 0 saturated carbocycles. The quantitative estimate of drug-likeness (QED) is 0.882. The summed E-state index contributed by atoms with van der Waals surface area (Å²) in [4.78, 5) is 22.4. The van der Waals surface area contributed by atoms with Gasteiger partial charge in [0.2, 0.25) is 0 Å². The number of nitrogens with zero attached hydrogens (tertiary/aromatic N) is 3. The summed E-state index contributed by atoms with van der Waals surface area (Å²) in [6.45, 7) is 6.78. The fourth-order valence-corrected chi connectivity index (χ4v) is 2.06. The number of rotatable bonds is 4. The zero-order valence-corrected chi connectivity index (χ0v) is 11.0. The molecule has 0 aromatic carbocycles. The normalized spacial score (nSPS) is 19.0. The van der Waals surface area contributed by atoms with Gasteiger partial charge in [0.15, 0.2) is 0 Å². The summed E-state index contributed by atoms with van der Waals surface area (Å²) in [5.74, 6) is 1.31. The second kappa shape index (κ2) is 5.80. The molecule has 1 unspecified atom stereocenters. The van der Waals surface area contributed by atoms with Crippen LogP contribution < -0.4 is 5.32 Å². The van der Waals surface area contributed by atoms with E-state index in [1.165, 1.54) is 0 Å². The average Bonchev–Trinajstić information content (AvgIpc) is 2.83. The molecule has 0 spiro atoms. The maximum Gasteiger partial charge on any atom is 0.274 e. The molecular weight excluding hydrogens is 228 g/mol. The van der Waals surface area contributed by atoms with Gasteiger partial charge in [-0.25, -0.2) is 9.97 Å². The maximum atomic E-state index is 12.1. The van der Waals surface area contributed by atoms with Crippen LogP contribution in [0.2, 0.25) is 0 Å². The van der Waals surface area contributed by atoms with E-state index in [1.807, 2.05) is 4.90 Å². The van der Waals surface area contributed by atoms with Gasteiger partial charge in [0.05, 0.1) is 12.4 Å². The average molecular weight is 248 g/mol. The van der Waals surface area contributed by atoms with Gasteiger partial charge < -0.3 is 10.2 Å². The fourth-order valence-electron chi connectivity index (χ4n) is 2.06. The van der Waals surface area contributed by atoms with Gasteiger partial charge in [-0.3, -0.25) is 4.79 Å². The van der Waals surface area contributed by atoms with Crippen molar-refractivity contribution in [2.45, 2.75) is 26.7 Å². The largest absolute Gasteiger partial charge is 0.369 e. The van der Waals surface area contributed by atoms with Gasteiger partial charge in [0.1, 0.15) is 11.5 Å². The number of hydrogen-bond donors (Lipinski definition) is 1. The van der Waals surface area contributed by atoms with Crippen molar-refractivity contribution in [1.29, 1.82) is 0 Å². The summed E-state index contributed by atoms with van der Waals surface area (Å²) >= 11 is 0. The molecule has 18 heavy (non-hydrogen) atoms. The summed E-state index contributed by atoms with van der Waals surface area (Å²) in [6, 6.07) is 0. The SMILES string of the molecule is CCCNc1cnc(C(=O)N2CCC(C)C2)cn1. The van der Waals surface area contributed by atoms with E-state index in [9.17, 15) is 4.79 Å². The van der Waals surface area contributed by atoms with E-state index in [4.69, 9.17) is 0 Å². The predicted molar refractivity (Wildman–Crippen MR) is 70.5 cm³/mol. The van der Waals surface area contributed by atoms with Crippen molar-refractivity contribution in [3.63, 3.8) is 0 Å². The summed E-state index contributed by atoms with van der Waals surface area (Å²) < 4.78 is 0. The number of aromatic nitrogens is 2. The predicted octanol–water partition coefficient (Wildman–Crippen LogP) is 1.78. The molecule has 1 aliphatic heterocycles. The van der Waals surface area contributed by atoms with Crippen molar-refractivity contribution in [2.24, 2.45) is 5.92 Å². The molecule has 1 atom stereocenters. The minimum atomic E-state index is -0.00566. The molecule has 0 bridgehead atoms. The first-order valence-electron chi connectivity index (χ1n) is 6.56. The minimum absolute atomic E-state index is 0.00566. The number of carbonyl (C=O) groups excluding carboxylic acids is 1. The molecule has 5 heteroatoms. The number of nitrogens with one attached hydrogen (secondary N) is 1. The number of hydrogen-bond acceptors (Lipinski definition) is 4. The van der Waals surface area contributed by atoms with Gasteiger partial charge in [-0.05, 0) is 18.8 Å². The molecule has 1 saturated heterocycles. The van der Waals surface area contributed by atoms with E-state index < -0.39 is 0 Å². The first-order chi connectivity index (χ1) is 8.70. The standard InChI is InChI=1S/C13H20N4O/c1-3-5-14-12-8-15-11(7-16-12)13(18)17-6-4-10(2)9-17/h7-8,10H,3-6,9H2,1-2H3,(H,14,16). The van der Waals surface area contributed by atoms with Gasteiger partial charge in [-0.15, -0.1) is 0 Å². The Balaban J connectivity index is 1.98. The van der Waals surface area contributed by atoms with Crippen LogP contribution in [0, 0.1) is 5.92 Å². The highest BCUT2D eigenvalue weighted by atomic mass is 16.2. The summed E-state index contributed by atoms with van der Waals surface area (Å²) in [6.07, 6.45) is 5.30. The Hall–Kier alpha value is -1.65. The van der Waals surface area contributed by atoms with Crippen LogP contribution in [-0.4, -0.2) is 40.4 Å². The highest BCUT2D eigenvalue weighted by Gasteiger charge is 2.24. The molecule has 5 nitrogen and oxygen atoms in total. The molecule has 1 aromatic rings. The van der Waals surface area contributed by atoms with E-state index in [0.717, 1.165) is 38.3 Å². The molecule has 1 aliphatic rings. The number of anilines is 1. The third-order valence-electron chi connectivity index (χ3n) is 3.14. The third-order valence-corrected chi connectivity index (χ3v) is 3.14. The lowest BCUT2D eigenvalue weighted by atomic mass is 10.2. The van der Waals surface area contributed by atoms with E-state index in [1.54, 1.807) is 12.4 Å². The smallest absolute Gasteiger partial charge is 0.274 e. The highest BCUT2D eigenvalue weighted by Crippen LogP contribution is 2.17. The van der Waals surface area contributed by atoms with Crippen molar-refractivity contribution >= 4 is 11.7 Å². The molecular formula is C13H20N4O. The second-order valence-corrected chi connectivity index (χ2v) is 4.86. The lowest BCUT2D eigenvalue weighted by molar-refractivity contribution is 0.0782. The van der Waals surface area contributed by atoms with E-state index >= 15 is 0 Å². The minimum Gasteiger partial charge on any atom is -0.369 e. The Morgan fingerprint density at radius 2 is 2.33 bits per heavy atom. The molecule has 98 valence electrons. The summed E-state index contributed by atoms with van der Waals surface area (Å²) in [5.41, 5.74) is 0.436. The fraction of sp³-hybridized carbons (Fsp3) is 0.615. The first-order valence-corrected chi connectivity index (χ1v) is 6.56. The summed E-state index contributed by atoms with van der Waals surface area (Å²) in [7, 11) is 0. The molecule has 0 aliphatic carbocycles. The first kappa shape index (κ1) is 12.8. The van der Waals surface area contributed by atoms with E-state index in [2.05, 4.69) is 29.1 Å². The van der Waals surface area contributed by atoms with Crippen molar-refractivity contribution in [3.05, 3.63) is 18.1 Å². The molecule has 1 aromatic heterocycles. The molecule has 2 rings (SSSR count). The van der Waals surface area contributed by atoms with Crippen LogP contribution >= 0.6 is 0 Å². The third kappa shape index (κ3) is 2.97. The lowest BCUT2D eigenvalue weighted by Gasteiger charge is -2.15. The molecule has 1 fully saturated rings. The number of carbonyl (C=O) groups is 1. The van der Waals surface area contributed by atoms with Crippen molar-refractivity contribution < 1.29 is 4.79 Å². The van der Waals surface area contributed by atoms with Crippen LogP contribution in [0.15, 0.2) is 12.4 Å². The van der Waals surface area contributed by atoms with Crippen LogP contribution in [0.25, 0.3) is 0 Å². The number of amides is 1. The highest BCUT2D eigenvalue weighted by molar-refractivity contribution is 5.92. The van der Waals surface area contributed by atoms with Crippen LogP contribution in [0.4, 0.5) is 5.82 Å². The van der Waals surface area contributed by atoms with Crippen molar-refractivity contribution in [1.82, 2.24) is 14.9 Å². The van der Waals surface area contributed by atoms with Gasteiger partial charge in [0.25, 0.3) is 5.91 Å². The Morgan fingerprint density at radius 1 is 1.50 bits per heavy atom. The van der Waals surface area contributed by atoms with Gasteiger partial charge >= 0.3 is 0 Å². The van der Waals surface area contributed by atoms with Crippen LogP contribution in [-0.2, 0) is 0 Å². The van der Waals surface area contributed by atoms with Crippen LogP contribution in [0.3, 0.4) is 0 Å². The maximum absolute atomic E-state index is 12.1. The Labute approximate surface area is 108 Å². The van der Waals surface area contributed by atoms with Gasteiger partial charge in [-0.2, -0.15) is 0 Å². The zero-order valence-electron chi connectivity index (χ0n) is 11.0. The monoisotopic (exact) mass is 248 g/mol. The van der Waals surface area contributed by atoms with Crippen molar-refractivity contribution in [3.8, 4) is 0 Å². The van der Waals surface area contributed by atoms with Gasteiger partial charge in [0, 0.05) is 19.6 Å². The molecule has 1 amide bonds. The lowest BCUT2D eigenvalue weighted by Crippen LogP contribution is -2.29. The van der Waals surface area contributed by atoms with Crippen LogP contribution in [0.1, 0.15) is 37.2 Å². The van der Waals surface area contributed by atoms with Crippen LogP contribution in [0.5, 0.6) is 0 Å². The second-order valence-electron chi connectivity index (χ2n) is 4.86. The topological polar surface area (TPSA) is 58.1 Å². The zero-order chi connectivity index (χ0) is 13.0. The van der Waals surface area contributed by atoms with Gasteiger partial charge in [-0.1, -0.05) is 13.8 Å². The van der Waals surface area contributed by atoms with Crippen molar-refractivity contribution in [2.75, 3.05) is 25.0 Å². The molecule has 1 N–H and O–H groups in total. The number of likely N-dealkylation sites (tertiary alicyclic amines) is 1. The summed E-state index contributed by atoms with van der Waals surface area (Å²) in [5, 5.41) is 3.14. The Bertz CT molecular complexity index is 404. The van der Waals surface area contributed by atoms with E-state index in [0.29, 0.717) is 11.6 Å². The van der Waals surface area contributed by atoms with E-state index in [-0.39, 0.29) is 5.91 Å². The molecule has 0 radical (unpaired) electrons. The Morgan fingerprint density at radius 3 is 2.89 bits per heavy atom.